The summed E-state index contributed by atoms with van der Waals surface area (Å²) in [5.41, 5.74) is 4.17. The number of amidine groups is 1. The first-order valence-electron chi connectivity index (χ1n) is 12.1. The lowest BCUT2D eigenvalue weighted by Crippen LogP contribution is -2.40. The second-order valence-corrected chi connectivity index (χ2v) is 8.55. The maximum Gasteiger partial charge on any atom is 0.335 e. The molecule has 4 rings (SSSR count). The van der Waals surface area contributed by atoms with Crippen LogP contribution in [-0.2, 0) is 19.2 Å². The van der Waals surface area contributed by atoms with Gasteiger partial charge in [-0.3, -0.25) is 14.6 Å². The van der Waals surface area contributed by atoms with Gasteiger partial charge in [-0.15, -0.1) is 10.2 Å². The van der Waals surface area contributed by atoms with Crippen LogP contribution in [0.5, 0.6) is 0 Å². The van der Waals surface area contributed by atoms with Gasteiger partial charge in [0.25, 0.3) is 11.8 Å². The molecule has 1 atom stereocenters. The molecule has 194 valence electrons. The first kappa shape index (κ1) is 27.7. The summed E-state index contributed by atoms with van der Waals surface area (Å²) in [4.78, 5) is 48.6. The molecule has 1 saturated heterocycles. The zero-order valence-electron chi connectivity index (χ0n) is 21.4. The third-order valence-corrected chi connectivity index (χ3v) is 5.98. The molecule has 2 aromatic rings. The Balaban J connectivity index is 0.00000186. The van der Waals surface area contributed by atoms with Gasteiger partial charge >= 0.3 is 5.97 Å². The molecule has 1 fully saturated rings. The number of nitrogens with zero attached hydrogens (tertiary/aromatic N) is 5. The van der Waals surface area contributed by atoms with Gasteiger partial charge in [-0.25, -0.2) is 4.79 Å². The Labute approximate surface area is 221 Å². The molecule has 0 unspecified atom stereocenters. The summed E-state index contributed by atoms with van der Waals surface area (Å²) in [6.07, 6.45) is -0.245. The zero-order valence-corrected chi connectivity index (χ0v) is 22.2. The number of likely N-dealkylation sites (N-methyl/N-ethyl adjacent to an activating group) is 1. The second-order valence-electron chi connectivity index (χ2n) is 8.11. The number of fused-ring (bicyclic) bond motifs is 1. The van der Waals surface area contributed by atoms with Crippen molar-refractivity contribution in [3.63, 3.8) is 0 Å². The molecule has 2 aliphatic heterocycles. The van der Waals surface area contributed by atoms with Crippen LogP contribution < -0.4 is 4.90 Å². The number of hydrogen-bond donors (Lipinski definition) is 0. The predicted octanol–water partition coefficient (Wildman–Crippen LogP) is 4.73. The van der Waals surface area contributed by atoms with Crippen LogP contribution in [0.2, 0.25) is 5.02 Å². The van der Waals surface area contributed by atoms with Crippen molar-refractivity contribution in [3.8, 4) is 0 Å². The molecular weight excluding hydrogens is 494 g/mol. The van der Waals surface area contributed by atoms with Gasteiger partial charge in [-0.2, -0.15) is 5.10 Å². The van der Waals surface area contributed by atoms with Crippen LogP contribution in [0.4, 0.5) is 5.69 Å². The molecule has 2 aliphatic rings. The Morgan fingerprint density at radius 2 is 1.78 bits per heavy atom. The summed E-state index contributed by atoms with van der Waals surface area (Å²) in [5, 5.41) is 9.06. The first-order valence-corrected chi connectivity index (χ1v) is 12.5. The predicted molar refractivity (Wildman–Crippen MR) is 145 cm³/mol. The minimum Gasteiger partial charge on any atom is -0.330 e. The van der Waals surface area contributed by atoms with E-state index in [9.17, 15) is 14.4 Å². The van der Waals surface area contributed by atoms with Crippen LogP contribution in [0.1, 0.15) is 56.7 Å². The molecule has 2 aromatic carbocycles. The molecule has 0 N–H and O–H groups in total. The van der Waals surface area contributed by atoms with Gasteiger partial charge in [0, 0.05) is 42.3 Å². The summed E-state index contributed by atoms with van der Waals surface area (Å²) in [6.45, 7) is 11.9. The van der Waals surface area contributed by atoms with Crippen LogP contribution in [0.3, 0.4) is 0 Å². The Bertz CT molecular complexity index is 1240. The summed E-state index contributed by atoms with van der Waals surface area (Å²) in [6, 6.07) is 12.4. The zero-order chi connectivity index (χ0) is 27.1. The van der Waals surface area contributed by atoms with E-state index in [4.69, 9.17) is 21.4 Å². The lowest BCUT2D eigenvalue weighted by Gasteiger charge is -2.27. The second kappa shape index (κ2) is 12.4. The van der Waals surface area contributed by atoms with Crippen molar-refractivity contribution in [2.24, 2.45) is 15.2 Å². The monoisotopic (exact) mass is 523 g/mol. The number of imide groups is 1. The van der Waals surface area contributed by atoms with Crippen molar-refractivity contribution < 1.29 is 19.2 Å². The highest BCUT2D eigenvalue weighted by atomic mass is 35.5. The van der Waals surface area contributed by atoms with E-state index in [2.05, 4.69) is 16.9 Å². The molecule has 0 aliphatic carbocycles. The number of anilines is 1. The third-order valence-electron chi connectivity index (χ3n) is 5.72. The lowest BCUT2D eigenvalue weighted by molar-refractivity contribution is -0.197. The van der Waals surface area contributed by atoms with Gasteiger partial charge in [0.1, 0.15) is 6.04 Å². The van der Waals surface area contributed by atoms with Crippen molar-refractivity contribution in [1.29, 1.82) is 0 Å². The molecule has 0 saturated carbocycles. The summed E-state index contributed by atoms with van der Waals surface area (Å²) >= 11 is 6.11. The number of halogens is 1. The van der Waals surface area contributed by atoms with Crippen LogP contribution in [0, 0.1) is 6.92 Å². The van der Waals surface area contributed by atoms with E-state index >= 15 is 0 Å². The maximum atomic E-state index is 12.9. The number of benzodiazepines with no additional fused rings is 1. The standard InChI is InChI=1S/C25H24ClN5O4.C2H6/c1-4-30-20-10-5-15(2)13-18(20)24(16-6-8-17(26)9-7-16)28-19(25(30)29-27-3)14-23(34)35-31-21(32)11-12-22(31)33;1-2/h5-10,13,19H,3-4,11-12,14H2,1-2H3;1-2H3/b29-25-;/t19-;/m0./s1. The fraction of sp³-hybridized carbons (Fsp3) is 0.333. The fourth-order valence-electron chi connectivity index (χ4n) is 4.12. The van der Waals surface area contributed by atoms with Gasteiger partial charge in [0.05, 0.1) is 17.8 Å². The van der Waals surface area contributed by atoms with Crippen molar-refractivity contribution in [3.05, 3.63) is 64.2 Å². The number of rotatable bonds is 6. The van der Waals surface area contributed by atoms with Gasteiger partial charge < -0.3 is 9.74 Å². The largest absolute Gasteiger partial charge is 0.335 e. The van der Waals surface area contributed by atoms with E-state index in [1.54, 1.807) is 12.1 Å². The highest BCUT2D eigenvalue weighted by molar-refractivity contribution is 6.31. The molecule has 2 heterocycles. The SMILES string of the molecule is C=N/N=C1/[C@H](CC(=O)ON2C(=O)CCC2=O)N=C(c2ccc(Cl)cc2)c2cc(C)ccc2N1CC.CC. The number of carbonyl (C=O) groups excluding carboxylic acids is 3. The molecule has 0 spiro atoms. The van der Waals surface area contributed by atoms with Gasteiger partial charge in [0.2, 0.25) is 0 Å². The number of aliphatic imine (C=N–C) groups is 1. The van der Waals surface area contributed by atoms with Crippen molar-refractivity contribution in [1.82, 2.24) is 5.06 Å². The topological polar surface area (TPSA) is 104 Å². The summed E-state index contributed by atoms with van der Waals surface area (Å²) < 4.78 is 0. The van der Waals surface area contributed by atoms with Crippen LogP contribution >= 0.6 is 11.6 Å². The summed E-state index contributed by atoms with van der Waals surface area (Å²) in [5.74, 6) is -1.48. The molecule has 0 bridgehead atoms. The van der Waals surface area contributed by atoms with Crippen LogP contribution in [-0.4, -0.2) is 53.7 Å². The minimum absolute atomic E-state index is 0.0137. The Hall–Kier alpha value is -3.85. The van der Waals surface area contributed by atoms with E-state index in [-0.39, 0.29) is 19.3 Å². The van der Waals surface area contributed by atoms with Crippen molar-refractivity contribution in [2.75, 3.05) is 11.4 Å². The van der Waals surface area contributed by atoms with E-state index in [0.29, 0.717) is 28.2 Å². The quantitative estimate of drug-likeness (QED) is 0.309. The Morgan fingerprint density at radius 1 is 1.14 bits per heavy atom. The summed E-state index contributed by atoms with van der Waals surface area (Å²) in [7, 11) is 0. The van der Waals surface area contributed by atoms with E-state index in [1.165, 1.54) is 0 Å². The number of benzene rings is 2. The highest BCUT2D eigenvalue weighted by Crippen LogP contribution is 2.31. The first-order chi connectivity index (χ1) is 17.8. The molecule has 10 heteroatoms. The molecule has 9 nitrogen and oxygen atoms in total. The number of carbonyl (C=O) groups is 3. The van der Waals surface area contributed by atoms with Crippen molar-refractivity contribution in [2.45, 2.75) is 53.0 Å². The van der Waals surface area contributed by atoms with E-state index < -0.39 is 23.8 Å². The Morgan fingerprint density at radius 3 is 2.38 bits per heavy atom. The van der Waals surface area contributed by atoms with Gasteiger partial charge in [0.15, 0.2) is 5.84 Å². The van der Waals surface area contributed by atoms with Gasteiger partial charge in [-0.05, 0) is 38.1 Å². The fourth-order valence-corrected chi connectivity index (χ4v) is 4.24. The normalized spacial score (nSPS) is 18.0. The van der Waals surface area contributed by atoms with E-state index in [0.717, 1.165) is 22.4 Å². The third kappa shape index (κ3) is 6.11. The molecule has 2 amide bonds. The van der Waals surface area contributed by atoms with Crippen LogP contribution in [0.15, 0.2) is 57.7 Å². The lowest BCUT2D eigenvalue weighted by atomic mass is 9.98. The van der Waals surface area contributed by atoms with Crippen molar-refractivity contribution >= 4 is 53.3 Å². The number of hydrogen-bond acceptors (Lipinski definition) is 7. The average Bonchev–Trinajstić information content (AvgIpc) is 3.14. The highest BCUT2D eigenvalue weighted by Gasteiger charge is 2.36. The van der Waals surface area contributed by atoms with E-state index in [1.807, 2.05) is 62.9 Å². The smallest absolute Gasteiger partial charge is 0.330 e. The van der Waals surface area contributed by atoms with Gasteiger partial charge in [-0.1, -0.05) is 49.2 Å². The Kier molecular flexibility index (Phi) is 9.30. The molecular formula is C27H30ClN5O4. The number of amides is 2. The number of aryl methyl sites for hydroxylation is 1. The average molecular weight is 524 g/mol. The van der Waals surface area contributed by atoms with Crippen LogP contribution in [0.25, 0.3) is 0 Å². The molecule has 0 aromatic heterocycles. The molecule has 0 radical (unpaired) electrons. The minimum atomic E-state index is -0.820. The number of hydroxylamine groups is 2. The maximum absolute atomic E-state index is 12.9. The molecule has 37 heavy (non-hydrogen) atoms.